The molecular weight excluding hydrogens is 278 g/mol. The van der Waals surface area contributed by atoms with Crippen molar-refractivity contribution in [3.63, 3.8) is 0 Å². The maximum atomic E-state index is 4.56. The van der Waals surface area contributed by atoms with Crippen molar-refractivity contribution < 1.29 is 0 Å². The molecule has 1 heteroatoms. The van der Waals surface area contributed by atoms with E-state index < -0.39 is 0 Å². The number of hydrogen-bond donors (Lipinski definition) is 0. The molecule has 0 saturated heterocycles. The highest BCUT2D eigenvalue weighted by Crippen LogP contribution is 2.15. The topological polar surface area (TPSA) is 12.4 Å². The van der Waals surface area contributed by atoms with E-state index in [4.69, 9.17) is 0 Å². The summed E-state index contributed by atoms with van der Waals surface area (Å²) in [4.78, 5) is 4.56. The third-order valence-corrected chi connectivity index (χ3v) is 3.98. The number of rotatable bonds is 9. The van der Waals surface area contributed by atoms with Gasteiger partial charge in [-0.2, -0.15) is 0 Å². The van der Waals surface area contributed by atoms with Crippen LogP contribution in [0, 0.1) is 0 Å². The Morgan fingerprint density at radius 1 is 0.870 bits per heavy atom. The quantitative estimate of drug-likeness (QED) is 0.293. The van der Waals surface area contributed by atoms with Crippen LogP contribution < -0.4 is 0 Å². The Kier molecular flexibility index (Phi) is 7.32. The number of unbranched alkanes of at least 4 members (excludes halogenated alkanes) is 2. The van der Waals surface area contributed by atoms with Crippen LogP contribution in [-0.4, -0.2) is 6.21 Å². The summed E-state index contributed by atoms with van der Waals surface area (Å²) in [6, 6.07) is 17.2. The molecule has 0 amide bonds. The van der Waals surface area contributed by atoms with Crippen LogP contribution in [0.5, 0.6) is 0 Å². The second-order valence-corrected chi connectivity index (χ2v) is 5.95. The van der Waals surface area contributed by atoms with Gasteiger partial charge >= 0.3 is 0 Å². The van der Waals surface area contributed by atoms with E-state index in [9.17, 15) is 0 Å². The van der Waals surface area contributed by atoms with Crippen molar-refractivity contribution in [1.29, 1.82) is 0 Å². The summed E-state index contributed by atoms with van der Waals surface area (Å²) in [7, 11) is 0. The molecule has 1 nitrogen and oxygen atoms in total. The molecule has 120 valence electrons. The SMILES string of the molecule is C=CCCc1ccc(C=Nc2ccc(CCCCC)cc2)cc1. The Bertz CT molecular complexity index is 605. The number of nitrogens with zero attached hydrogens (tertiary/aromatic N) is 1. The lowest BCUT2D eigenvalue weighted by Gasteiger charge is -2.01. The predicted octanol–water partition coefficient (Wildman–Crippen LogP) is 6.29. The zero-order valence-electron chi connectivity index (χ0n) is 14.2. The highest BCUT2D eigenvalue weighted by Gasteiger charge is 1.95. The fourth-order valence-corrected chi connectivity index (χ4v) is 2.52. The summed E-state index contributed by atoms with van der Waals surface area (Å²) in [5, 5.41) is 0. The maximum absolute atomic E-state index is 4.56. The molecule has 0 aliphatic rings. The lowest BCUT2D eigenvalue weighted by molar-refractivity contribution is 0.717. The minimum Gasteiger partial charge on any atom is -0.256 e. The third kappa shape index (κ3) is 6.23. The van der Waals surface area contributed by atoms with E-state index in [0.29, 0.717) is 0 Å². The van der Waals surface area contributed by atoms with Crippen molar-refractivity contribution in [2.24, 2.45) is 4.99 Å². The van der Waals surface area contributed by atoms with Crippen LogP contribution in [-0.2, 0) is 12.8 Å². The van der Waals surface area contributed by atoms with Gasteiger partial charge in [0, 0.05) is 6.21 Å². The summed E-state index contributed by atoms with van der Waals surface area (Å²) >= 11 is 0. The van der Waals surface area contributed by atoms with Crippen molar-refractivity contribution in [2.75, 3.05) is 0 Å². The van der Waals surface area contributed by atoms with Gasteiger partial charge < -0.3 is 0 Å². The maximum Gasteiger partial charge on any atom is 0.0630 e. The summed E-state index contributed by atoms with van der Waals surface area (Å²) in [6.45, 7) is 6.00. The number of aliphatic imine (C=N–C) groups is 1. The molecule has 2 aromatic rings. The number of aryl methyl sites for hydroxylation is 2. The number of hydrogen-bond acceptors (Lipinski definition) is 1. The minimum absolute atomic E-state index is 1.01. The van der Waals surface area contributed by atoms with Crippen LogP contribution in [0.4, 0.5) is 5.69 Å². The largest absolute Gasteiger partial charge is 0.256 e. The highest BCUT2D eigenvalue weighted by atomic mass is 14.7. The van der Waals surface area contributed by atoms with Gasteiger partial charge in [0.15, 0.2) is 0 Å². The van der Waals surface area contributed by atoms with Gasteiger partial charge in [-0.1, -0.05) is 62.2 Å². The van der Waals surface area contributed by atoms with E-state index in [1.807, 2.05) is 12.3 Å². The van der Waals surface area contributed by atoms with Crippen LogP contribution in [0.15, 0.2) is 66.2 Å². The molecular formula is C22H27N. The molecule has 0 aromatic heterocycles. The molecule has 0 unspecified atom stereocenters. The molecule has 0 heterocycles. The monoisotopic (exact) mass is 305 g/mol. The van der Waals surface area contributed by atoms with Crippen molar-refractivity contribution >= 4 is 11.9 Å². The smallest absolute Gasteiger partial charge is 0.0630 e. The van der Waals surface area contributed by atoms with Gasteiger partial charge in [0.1, 0.15) is 0 Å². The Hall–Kier alpha value is -2.15. The third-order valence-electron chi connectivity index (χ3n) is 3.98. The molecule has 0 atom stereocenters. The van der Waals surface area contributed by atoms with Gasteiger partial charge in [-0.25, -0.2) is 0 Å². The van der Waals surface area contributed by atoms with Crippen molar-refractivity contribution in [1.82, 2.24) is 0 Å². The van der Waals surface area contributed by atoms with Gasteiger partial charge in [0.05, 0.1) is 5.69 Å². The van der Waals surface area contributed by atoms with Crippen molar-refractivity contribution in [3.8, 4) is 0 Å². The van der Waals surface area contributed by atoms with Gasteiger partial charge in [0.25, 0.3) is 0 Å². The fourth-order valence-electron chi connectivity index (χ4n) is 2.52. The van der Waals surface area contributed by atoms with Crippen LogP contribution in [0.3, 0.4) is 0 Å². The van der Waals surface area contributed by atoms with Crippen LogP contribution in [0.2, 0.25) is 0 Å². The van der Waals surface area contributed by atoms with Gasteiger partial charge in [0.2, 0.25) is 0 Å². The fraction of sp³-hybridized carbons (Fsp3) is 0.318. The van der Waals surface area contributed by atoms with Gasteiger partial charge in [-0.3, -0.25) is 4.99 Å². The normalized spacial score (nSPS) is 11.0. The molecule has 0 spiro atoms. The van der Waals surface area contributed by atoms with Crippen LogP contribution >= 0.6 is 0 Å². The molecule has 23 heavy (non-hydrogen) atoms. The lowest BCUT2D eigenvalue weighted by Crippen LogP contribution is -1.86. The van der Waals surface area contributed by atoms with E-state index in [2.05, 4.69) is 67.0 Å². The van der Waals surface area contributed by atoms with E-state index in [1.165, 1.54) is 36.8 Å². The number of allylic oxidation sites excluding steroid dienone is 1. The zero-order chi connectivity index (χ0) is 16.3. The molecule has 0 radical (unpaired) electrons. The first-order valence-corrected chi connectivity index (χ1v) is 8.64. The molecule has 0 N–H and O–H groups in total. The number of benzene rings is 2. The summed E-state index contributed by atoms with van der Waals surface area (Å²) in [5.41, 5.74) is 4.90. The highest BCUT2D eigenvalue weighted by molar-refractivity contribution is 5.81. The molecule has 0 aliphatic heterocycles. The molecule has 0 aliphatic carbocycles. The molecule has 2 rings (SSSR count). The second-order valence-electron chi connectivity index (χ2n) is 5.95. The predicted molar refractivity (Wildman–Crippen MR) is 102 cm³/mol. The Labute approximate surface area is 140 Å². The van der Waals surface area contributed by atoms with E-state index >= 15 is 0 Å². The Morgan fingerprint density at radius 2 is 1.52 bits per heavy atom. The molecule has 0 saturated carbocycles. The van der Waals surface area contributed by atoms with Crippen molar-refractivity contribution in [3.05, 3.63) is 77.9 Å². The Morgan fingerprint density at radius 3 is 2.17 bits per heavy atom. The summed E-state index contributed by atoms with van der Waals surface area (Å²) in [5.74, 6) is 0. The van der Waals surface area contributed by atoms with E-state index in [1.54, 1.807) is 0 Å². The van der Waals surface area contributed by atoms with Crippen LogP contribution in [0.1, 0.15) is 49.3 Å². The first-order chi connectivity index (χ1) is 11.3. The average molecular weight is 305 g/mol. The minimum atomic E-state index is 1.01. The standard InChI is InChI=1S/C22H27N/c1-3-5-7-9-20-14-16-22(17-15-20)23-18-21-12-10-19(11-13-21)8-6-4-2/h4,10-18H,2-3,5-9H2,1H3. The van der Waals surface area contributed by atoms with Crippen molar-refractivity contribution in [2.45, 2.75) is 45.4 Å². The first-order valence-electron chi connectivity index (χ1n) is 8.64. The lowest BCUT2D eigenvalue weighted by atomic mass is 10.1. The Balaban J connectivity index is 1.90. The zero-order valence-corrected chi connectivity index (χ0v) is 14.2. The summed E-state index contributed by atoms with van der Waals surface area (Å²) < 4.78 is 0. The van der Waals surface area contributed by atoms with Gasteiger partial charge in [-0.05, 0) is 54.5 Å². The average Bonchev–Trinajstić information content (AvgIpc) is 2.60. The molecule has 2 aromatic carbocycles. The summed E-state index contributed by atoms with van der Waals surface area (Å²) in [6.07, 6.45) is 11.0. The second kappa shape index (κ2) is 9.78. The molecule has 0 bridgehead atoms. The first kappa shape index (κ1) is 17.2. The van der Waals surface area contributed by atoms with E-state index in [-0.39, 0.29) is 0 Å². The van der Waals surface area contributed by atoms with E-state index in [0.717, 1.165) is 24.1 Å². The van der Waals surface area contributed by atoms with Gasteiger partial charge in [-0.15, -0.1) is 6.58 Å². The van der Waals surface area contributed by atoms with Crippen LogP contribution in [0.25, 0.3) is 0 Å². The molecule has 0 fully saturated rings.